The van der Waals surface area contributed by atoms with Gasteiger partial charge in [0.25, 0.3) is 0 Å². The smallest absolute Gasteiger partial charge is 0.192 e. The lowest BCUT2D eigenvalue weighted by atomic mass is 10.1. The van der Waals surface area contributed by atoms with E-state index in [1.165, 1.54) is 0 Å². The van der Waals surface area contributed by atoms with Crippen molar-refractivity contribution in [3.8, 4) is 28.4 Å². The Hall–Kier alpha value is -2.70. The summed E-state index contributed by atoms with van der Waals surface area (Å²) in [5, 5.41) is 17.0. The summed E-state index contributed by atoms with van der Waals surface area (Å²) in [7, 11) is 0. The largest absolute Gasteiger partial charge is 0.355 e. The molecule has 2 aromatic heterocycles. The van der Waals surface area contributed by atoms with Crippen molar-refractivity contribution in [3.05, 3.63) is 64.8 Å². The lowest BCUT2D eigenvalue weighted by molar-refractivity contribution is 0.432. The molecule has 0 aliphatic heterocycles. The minimum absolute atomic E-state index is 0.494. The molecule has 0 amide bonds. The van der Waals surface area contributed by atoms with E-state index < -0.39 is 0 Å². The Kier molecular flexibility index (Phi) is 3.76. The van der Waals surface area contributed by atoms with Gasteiger partial charge in [0.2, 0.25) is 0 Å². The van der Waals surface area contributed by atoms with Crippen LogP contribution in [-0.2, 0) is 0 Å². The first-order valence-corrected chi connectivity index (χ1v) is 7.74. The first-order valence-electron chi connectivity index (χ1n) is 6.98. The van der Waals surface area contributed by atoms with Crippen LogP contribution in [0, 0.1) is 0 Å². The summed E-state index contributed by atoms with van der Waals surface area (Å²) in [6.45, 7) is 0. The molecular formula is C16H9Cl2N5O. The molecule has 0 saturated heterocycles. The molecule has 24 heavy (non-hydrogen) atoms. The SMILES string of the molecule is Clc1ccc(-n2nnnc2-c2cnoc2-c2ccccc2Cl)cc1. The van der Waals surface area contributed by atoms with Crippen LogP contribution in [0.4, 0.5) is 0 Å². The van der Waals surface area contributed by atoms with Gasteiger partial charge in [0, 0.05) is 10.6 Å². The zero-order valence-electron chi connectivity index (χ0n) is 12.1. The molecule has 8 heteroatoms. The molecule has 0 fully saturated rings. The maximum atomic E-state index is 6.26. The second-order valence-electron chi connectivity index (χ2n) is 4.94. The van der Waals surface area contributed by atoms with Gasteiger partial charge in [-0.3, -0.25) is 0 Å². The van der Waals surface area contributed by atoms with Crippen molar-refractivity contribution >= 4 is 23.2 Å². The number of nitrogens with zero attached hydrogens (tertiary/aromatic N) is 5. The standard InChI is InChI=1S/C16H9Cl2N5O/c17-10-5-7-11(8-6-10)23-16(20-21-22-23)13-9-19-24-15(13)12-3-1-2-4-14(12)18/h1-9H. The Bertz CT molecular complexity index is 994. The van der Waals surface area contributed by atoms with E-state index in [0.29, 0.717) is 27.2 Å². The van der Waals surface area contributed by atoms with Gasteiger partial charge in [-0.25, -0.2) is 0 Å². The van der Waals surface area contributed by atoms with Crippen LogP contribution < -0.4 is 0 Å². The highest BCUT2D eigenvalue weighted by atomic mass is 35.5. The molecule has 2 heterocycles. The minimum Gasteiger partial charge on any atom is -0.355 e. The fourth-order valence-electron chi connectivity index (χ4n) is 2.35. The van der Waals surface area contributed by atoms with Gasteiger partial charge < -0.3 is 4.52 Å². The third kappa shape index (κ3) is 2.55. The van der Waals surface area contributed by atoms with Gasteiger partial charge in [0.1, 0.15) is 0 Å². The molecule has 6 nitrogen and oxygen atoms in total. The van der Waals surface area contributed by atoms with Gasteiger partial charge >= 0.3 is 0 Å². The summed E-state index contributed by atoms with van der Waals surface area (Å²) >= 11 is 12.2. The molecular weight excluding hydrogens is 349 g/mol. The van der Waals surface area contributed by atoms with Crippen molar-refractivity contribution < 1.29 is 4.52 Å². The first-order chi connectivity index (χ1) is 11.7. The van der Waals surface area contributed by atoms with E-state index >= 15 is 0 Å². The van der Waals surface area contributed by atoms with Crippen LogP contribution in [0.15, 0.2) is 59.3 Å². The number of halogens is 2. The summed E-state index contributed by atoms with van der Waals surface area (Å²) in [6.07, 6.45) is 1.57. The molecule has 0 bridgehead atoms. The molecule has 118 valence electrons. The zero-order valence-corrected chi connectivity index (χ0v) is 13.6. The minimum atomic E-state index is 0.494. The van der Waals surface area contributed by atoms with Crippen LogP contribution in [0.5, 0.6) is 0 Å². The van der Waals surface area contributed by atoms with Crippen LogP contribution in [0.25, 0.3) is 28.4 Å². The Balaban J connectivity index is 1.85. The molecule has 0 aliphatic rings. The summed E-state index contributed by atoms with van der Waals surface area (Å²) < 4.78 is 6.99. The highest BCUT2D eigenvalue weighted by Crippen LogP contribution is 2.35. The molecule has 4 aromatic rings. The van der Waals surface area contributed by atoms with Crippen molar-refractivity contribution in [1.82, 2.24) is 25.4 Å². The van der Waals surface area contributed by atoms with Crippen molar-refractivity contribution in [2.45, 2.75) is 0 Å². The van der Waals surface area contributed by atoms with Crippen molar-refractivity contribution in [1.29, 1.82) is 0 Å². The first kappa shape index (κ1) is 14.9. The normalized spacial score (nSPS) is 10.9. The van der Waals surface area contributed by atoms with Crippen molar-refractivity contribution in [2.75, 3.05) is 0 Å². The van der Waals surface area contributed by atoms with Crippen LogP contribution in [0.3, 0.4) is 0 Å². The number of hydrogen-bond donors (Lipinski definition) is 0. The maximum absolute atomic E-state index is 6.26. The topological polar surface area (TPSA) is 69.6 Å². The predicted octanol–water partition coefficient (Wildman–Crippen LogP) is 4.29. The number of benzene rings is 2. The fraction of sp³-hybridized carbons (Fsp3) is 0. The lowest BCUT2D eigenvalue weighted by Gasteiger charge is -2.05. The molecule has 0 N–H and O–H groups in total. The van der Waals surface area contributed by atoms with Gasteiger partial charge in [0.15, 0.2) is 11.6 Å². The monoisotopic (exact) mass is 357 g/mol. The number of rotatable bonds is 3. The van der Waals surface area contributed by atoms with Crippen LogP contribution in [-0.4, -0.2) is 25.4 Å². The average molecular weight is 358 g/mol. The van der Waals surface area contributed by atoms with Crippen LogP contribution in [0.2, 0.25) is 10.0 Å². The van der Waals surface area contributed by atoms with E-state index in [2.05, 4.69) is 20.7 Å². The van der Waals surface area contributed by atoms with Crippen LogP contribution >= 0.6 is 23.2 Å². The second kappa shape index (κ2) is 6.07. The summed E-state index contributed by atoms with van der Waals surface area (Å²) in [4.78, 5) is 0. The quantitative estimate of drug-likeness (QED) is 0.546. The lowest BCUT2D eigenvalue weighted by Crippen LogP contribution is -1.99. The molecule has 0 atom stereocenters. The van der Waals surface area contributed by atoms with Gasteiger partial charge in [0.05, 0.1) is 22.5 Å². The zero-order chi connectivity index (χ0) is 16.5. The predicted molar refractivity (Wildman–Crippen MR) is 90.1 cm³/mol. The average Bonchev–Trinajstić information content (AvgIpc) is 3.24. The third-order valence-electron chi connectivity index (χ3n) is 3.47. The maximum Gasteiger partial charge on any atom is 0.192 e. The summed E-state index contributed by atoms with van der Waals surface area (Å²) in [5.41, 5.74) is 2.13. The van der Waals surface area contributed by atoms with E-state index in [1.54, 1.807) is 29.1 Å². The second-order valence-corrected chi connectivity index (χ2v) is 5.78. The third-order valence-corrected chi connectivity index (χ3v) is 4.05. The number of tetrazole rings is 1. The molecule has 0 spiro atoms. The van der Waals surface area contributed by atoms with E-state index in [-0.39, 0.29) is 0 Å². The Morgan fingerprint density at radius 2 is 1.71 bits per heavy atom. The van der Waals surface area contributed by atoms with Gasteiger partial charge in [-0.15, -0.1) is 5.10 Å². The Morgan fingerprint density at radius 3 is 2.50 bits per heavy atom. The van der Waals surface area contributed by atoms with Gasteiger partial charge in [-0.2, -0.15) is 4.68 Å². The molecule has 0 saturated carbocycles. The summed E-state index contributed by atoms with van der Waals surface area (Å²) in [6, 6.07) is 14.5. The van der Waals surface area contributed by atoms with Gasteiger partial charge in [-0.1, -0.05) is 40.5 Å². The Labute approximate surface area is 146 Å². The van der Waals surface area contributed by atoms with Crippen molar-refractivity contribution in [3.63, 3.8) is 0 Å². The van der Waals surface area contributed by atoms with Crippen molar-refractivity contribution in [2.24, 2.45) is 0 Å². The van der Waals surface area contributed by atoms with E-state index in [0.717, 1.165) is 11.3 Å². The molecule has 0 unspecified atom stereocenters. The number of aromatic nitrogens is 5. The van der Waals surface area contributed by atoms with E-state index in [9.17, 15) is 0 Å². The molecule has 0 aliphatic carbocycles. The molecule has 2 aromatic carbocycles. The molecule has 4 rings (SSSR count). The summed E-state index contributed by atoms with van der Waals surface area (Å²) in [5.74, 6) is 0.999. The van der Waals surface area contributed by atoms with E-state index in [1.807, 2.05) is 30.3 Å². The Morgan fingerprint density at radius 1 is 0.917 bits per heavy atom. The molecule has 0 radical (unpaired) electrons. The highest BCUT2D eigenvalue weighted by Gasteiger charge is 2.21. The van der Waals surface area contributed by atoms with Crippen LogP contribution in [0.1, 0.15) is 0 Å². The fourth-order valence-corrected chi connectivity index (χ4v) is 2.70. The van der Waals surface area contributed by atoms with Gasteiger partial charge in [-0.05, 0) is 46.8 Å². The number of hydrogen-bond acceptors (Lipinski definition) is 5. The highest BCUT2D eigenvalue weighted by molar-refractivity contribution is 6.33. The van der Waals surface area contributed by atoms with E-state index in [4.69, 9.17) is 27.7 Å².